The number of carbonyl (C=O) groups is 1. The van der Waals surface area contributed by atoms with E-state index in [1.807, 2.05) is 25.1 Å². The molecule has 7 heteroatoms. The van der Waals surface area contributed by atoms with Gasteiger partial charge in [-0.05, 0) is 36.2 Å². The molecule has 0 atom stereocenters. The smallest absolute Gasteiger partial charge is 0.286 e. The topological polar surface area (TPSA) is 64.1 Å². The van der Waals surface area contributed by atoms with Crippen LogP contribution in [0.4, 0.5) is 14.5 Å². The molecule has 4 rings (SSSR count). The van der Waals surface area contributed by atoms with Gasteiger partial charge in [0.1, 0.15) is 5.69 Å². The Morgan fingerprint density at radius 3 is 2.61 bits per heavy atom. The van der Waals surface area contributed by atoms with Crippen LogP contribution in [0.5, 0.6) is 0 Å². The van der Waals surface area contributed by atoms with Gasteiger partial charge in [-0.1, -0.05) is 31.2 Å². The number of hydrogen-bond donors (Lipinski definition) is 1. The van der Waals surface area contributed by atoms with Crippen LogP contribution < -0.4 is 5.32 Å². The highest BCUT2D eigenvalue weighted by atomic mass is 19.3. The number of amides is 1. The highest BCUT2D eigenvalue weighted by Gasteiger charge is 2.35. The number of nitrogens with zero attached hydrogens (tertiary/aromatic N) is 2. The summed E-state index contributed by atoms with van der Waals surface area (Å²) in [5.74, 6) is -3.63. The van der Waals surface area contributed by atoms with E-state index in [1.54, 1.807) is 6.20 Å². The Kier molecular flexibility index (Phi) is 5.31. The fourth-order valence-corrected chi connectivity index (χ4v) is 3.55. The van der Waals surface area contributed by atoms with E-state index in [-0.39, 0.29) is 11.0 Å². The van der Waals surface area contributed by atoms with Crippen molar-refractivity contribution in [2.75, 3.05) is 18.5 Å². The Balaban J connectivity index is 1.60. The summed E-state index contributed by atoms with van der Waals surface area (Å²) in [5.41, 5.74) is 4.03. The average Bonchev–Trinajstić information content (AvgIpc) is 2.73. The lowest BCUT2D eigenvalue weighted by Gasteiger charge is -2.38. The quantitative estimate of drug-likeness (QED) is 0.620. The third-order valence-electron chi connectivity index (χ3n) is 5.53. The molecular weight excluding hydrogens is 400 g/mol. The van der Waals surface area contributed by atoms with Crippen LogP contribution >= 0.6 is 0 Å². The first kappa shape index (κ1) is 21.1. The fraction of sp³-hybridized carbons (Fsp3) is 0.292. The summed E-state index contributed by atoms with van der Waals surface area (Å²) in [5, 5.41) is 2.75. The van der Waals surface area contributed by atoms with Crippen molar-refractivity contribution in [3.05, 3.63) is 77.4 Å². The summed E-state index contributed by atoms with van der Waals surface area (Å²) in [6, 6.07) is 12.6. The summed E-state index contributed by atoms with van der Waals surface area (Å²) < 4.78 is 32.5. The Morgan fingerprint density at radius 1 is 1.16 bits per heavy atom. The molecule has 0 unspecified atom stereocenters. The number of nitrogens with one attached hydrogen (secondary N) is 1. The standard InChI is InChI=1S/C24H23F2N3O2/c1-15-20(16-5-4-6-18(9-16)23(2)13-31-14-23)11-19(12-28-15)29-22(30)17-7-8-27-21(10-17)24(3,25)26/h4-12H,13-14H2,1-3H3,(H,29,30). The SMILES string of the molecule is Cc1ncc(NC(=O)c2ccnc(C(C)(F)F)c2)cc1-c1cccc(C2(C)COC2)c1. The van der Waals surface area contributed by atoms with Gasteiger partial charge in [-0.3, -0.25) is 14.8 Å². The van der Waals surface area contributed by atoms with Crippen molar-refractivity contribution in [1.29, 1.82) is 0 Å². The molecule has 1 aliphatic heterocycles. The Labute approximate surface area is 179 Å². The molecule has 1 aliphatic rings. The minimum absolute atomic E-state index is 0.00353. The van der Waals surface area contributed by atoms with Gasteiger partial charge in [0.2, 0.25) is 0 Å². The lowest BCUT2D eigenvalue weighted by molar-refractivity contribution is -0.0499. The number of aromatic nitrogens is 2. The molecule has 1 fully saturated rings. The maximum absolute atomic E-state index is 13.5. The zero-order chi connectivity index (χ0) is 22.2. The number of halogens is 2. The predicted molar refractivity (Wildman–Crippen MR) is 114 cm³/mol. The molecule has 3 aromatic rings. The van der Waals surface area contributed by atoms with Gasteiger partial charge in [0.05, 0.1) is 25.1 Å². The van der Waals surface area contributed by atoms with Crippen LogP contribution in [0.3, 0.4) is 0 Å². The second-order valence-electron chi connectivity index (χ2n) is 8.26. The second kappa shape index (κ2) is 7.81. The first-order valence-electron chi connectivity index (χ1n) is 9.97. The Bertz CT molecular complexity index is 1140. The molecule has 160 valence electrons. The minimum atomic E-state index is -3.12. The third-order valence-corrected chi connectivity index (χ3v) is 5.53. The van der Waals surface area contributed by atoms with Crippen LogP contribution in [0.2, 0.25) is 0 Å². The molecule has 0 aliphatic carbocycles. The molecule has 31 heavy (non-hydrogen) atoms. The number of carbonyl (C=O) groups excluding carboxylic acids is 1. The first-order valence-corrected chi connectivity index (χ1v) is 9.97. The number of hydrogen-bond acceptors (Lipinski definition) is 4. The van der Waals surface area contributed by atoms with Crippen molar-refractivity contribution in [2.45, 2.75) is 32.1 Å². The number of pyridine rings is 2. The number of aryl methyl sites for hydroxylation is 1. The Morgan fingerprint density at radius 2 is 1.94 bits per heavy atom. The van der Waals surface area contributed by atoms with Crippen LogP contribution in [-0.4, -0.2) is 29.1 Å². The molecule has 0 spiro atoms. The van der Waals surface area contributed by atoms with E-state index in [2.05, 4.69) is 34.3 Å². The number of benzene rings is 1. The van der Waals surface area contributed by atoms with Crippen molar-refractivity contribution < 1.29 is 18.3 Å². The van der Waals surface area contributed by atoms with Crippen molar-refractivity contribution in [2.24, 2.45) is 0 Å². The molecule has 0 saturated carbocycles. The van der Waals surface area contributed by atoms with Gasteiger partial charge in [0.15, 0.2) is 0 Å². The molecular formula is C24H23F2N3O2. The summed E-state index contributed by atoms with van der Waals surface area (Å²) in [4.78, 5) is 20.7. The summed E-state index contributed by atoms with van der Waals surface area (Å²) in [6.07, 6.45) is 2.76. The van der Waals surface area contributed by atoms with Gasteiger partial charge in [-0.25, -0.2) is 0 Å². The van der Waals surface area contributed by atoms with Gasteiger partial charge in [-0.2, -0.15) is 8.78 Å². The molecule has 1 aromatic carbocycles. The van der Waals surface area contributed by atoms with E-state index in [9.17, 15) is 13.6 Å². The molecule has 2 aromatic heterocycles. The van der Waals surface area contributed by atoms with Gasteiger partial charge < -0.3 is 10.1 Å². The number of alkyl halides is 2. The molecule has 3 heterocycles. The highest BCUT2D eigenvalue weighted by Crippen LogP contribution is 2.35. The van der Waals surface area contributed by atoms with Crippen molar-refractivity contribution in [3.8, 4) is 11.1 Å². The van der Waals surface area contributed by atoms with Gasteiger partial charge in [0.25, 0.3) is 11.8 Å². The summed E-state index contributed by atoms with van der Waals surface area (Å²) in [7, 11) is 0. The summed E-state index contributed by atoms with van der Waals surface area (Å²) >= 11 is 0. The third kappa shape index (κ3) is 4.32. The lowest BCUT2D eigenvalue weighted by atomic mass is 9.80. The van der Waals surface area contributed by atoms with Crippen LogP contribution in [0, 0.1) is 6.92 Å². The van der Waals surface area contributed by atoms with E-state index in [4.69, 9.17) is 4.74 Å². The van der Waals surface area contributed by atoms with Gasteiger partial charge in [0, 0.05) is 35.4 Å². The van der Waals surface area contributed by atoms with Gasteiger partial charge in [-0.15, -0.1) is 0 Å². The Hall–Kier alpha value is -3.19. The normalized spacial score (nSPS) is 15.3. The van der Waals surface area contributed by atoms with E-state index in [1.165, 1.54) is 17.8 Å². The zero-order valence-electron chi connectivity index (χ0n) is 17.6. The van der Waals surface area contributed by atoms with Crippen molar-refractivity contribution in [1.82, 2.24) is 9.97 Å². The molecule has 1 amide bonds. The van der Waals surface area contributed by atoms with Crippen LogP contribution in [-0.2, 0) is 16.1 Å². The number of anilines is 1. The van der Waals surface area contributed by atoms with E-state index >= 15 is 0 Å². The van der Waals surface area contributed by atoms with Crippen LogP contribution in [0.25, 0.3) is 11.1 Å². The van der Waals surface area contributed by atoms with Crippen molar-refractivity contribution >= 4 is 11.6 Å². The van der Waals surface area contributed by atoms with E-state index in [0.29, 0.717) is 18.9 Å². The highest BCUT2D eigenvalue weighted by molar-refractivity contribution is 6.04. The minimum Gasteiger partial charge on any atom is -0.379 e. The number of rotatable bonds is 5. The maximum Gasteiger partial charge on any atom is 0.286 e. The maximum atomic E-state index is 13.5. The predicted octanol–water partition coefficient (Wildman–Crippen LogP) is 5.10. The van der Waals surface area contributed by atoms with E-state index in [0.717, 1.165) is 29.8 Å². The molecule has 1 saturated heterocycles. The molecule has 5 nitrogen and oxygen atoms in total. The van der Waals surface area contributed by atoms with E-state index < -0.39 is 17.5 Å². The largest absolute Gasteiger partial charge is 0.379 e. The zero-order valence-corrected chi connectivity index (χ0v) is 17.6. The average molecular weight is 423 g/mol. The molecule has 0 bridgehead atoms. The molecule has 1 N–H and O–H groups in total. The van der Waals surface area contributed by atoms with Gasteiger partial charge >= 0.3 is 0 Å². The van der Waals surface area contributed by atoms with Crippen LogP contribution in [0.1, 0.15) is 41.2 Å². The monoisotopic (exact) mass is 423 g/mol. The second-order valence-corrected chi connectivity index (χ2v) is 8.26. The lowest BCUT2D eigenvalue weighted by Crippen LogP contribution is -2.43. The fourth-order valence-electron chi connectivity index (χ4n) is 3.55. The van der Waals surface area contributed by atoms with Crippen LogP contribution in [0.15, 0.2) is 54.9 Å². The first-order chi connectivity index (χ1) is 14.7. The number of ether oxygens (including phenoxy) is 1. The summed E-state index contributed by atoms with van der Waals surface area (Å²) in [6.45, 7) is 6.20. The van der Waals surface area contributed by atoms with Crippen molar-refractivity contribution in [3.63, 3.8) is 0 Å². The molecule has 0 radical (unpaired) electrons.